The first-order chi connectivity index (χ1) is 5.29. The van der Waals surface area contributed by atoms with E-state index in [0.717, 1.165) is 0 Å². The third kappa shape index (κ3) is 31.5. The second-order valence-corrected chi connectivity index (χ2v) is 1.22. The topological polar surface area (TPSA) is 181 Å². The van der Waals surface area contributed by atoms with Crippen molar-refractivity contribution in [1.82, 2.24) is 0 Å². The number of hydrogen-bond acceptors (Lipinski definition) is 4. The number of aliphatic carboxylic acids is 4. The van der Waals surface area contributed by atoms with E-state index in [1.807, 2.05) is 0 Å². The molecule has 9 nitrogen and oxygen atoms in total. The van der Waals surface area contributed by atoms with Crippen LogP contribution >= 0.6 is 0 Å². The molecule has 0 unspecified atom stereocenters. The average Bonchev–Trinajstić information content (AvgIpc) is 1.88. The van der Waals surface area contributed by atoms with Crippen LogP contribution < -0.4 is 0 Å². The van der Waals surface area contributed by atoms with Gasteiger partial charge in [-0.15, -0.1) is 0 Å². The van der Waals surface area contributed by atoms with Crippen molar-refractivity contribution in [3.05, 3.63) is 0 Å². The molecule has 0 aromatic rings. The molecule has 0 aromatic heterocycles. The van der Waals surface area contributed by atoms with E-state index in [1.54, 1.807) is 0 Å². The monoisotopic (exact) mass is 384 g/mol. The summed E-state index contributed by atoms with van der Waals surface area (Å²) in [4.78, 5) is 36.4. The molecule has 11 heteroatoms. The van der Waals surface area contributed by atoms with Crippen molar-refractivity contribution in [2.75, 3.05) is 0 Å². The molecule has 0 fully saturated rings. The molecule has 0 heterocycles. The molecule has 0 atom stereocenters. The van der Waals surface area contributed by atoms with Crippen molar-refractivity contribution < 1.29 is 66.8 Å². The van der Waals surface area contributed by atoms with E-state index in [0.29, 0.717) is 0 Å². The molecule has 0 saturated heterocycles. The van der Waals surface area contributed by atoms with Gasteiger partial charge in [-0.3, -0.25) is 0 Å². The number of carboxylic acid groups (broad SMARTS) is 4. The second kappa shape index (κ2) is 16.6. The third-order valence-corrected chi connectivity index (χ3v) is 0.366. The summed E-state index contributed by atoms with van der Waals surface area (Å²) in [6.45, 7) is 0. The van der Waals surface area contributed by atoms with Crippen molar-refractivity contribution >= 4 is 72.8 Å². The van der Waals surface area contributed by atoms with Gasteiger partial charge in [0.2, 0.25) is 0 Å². The van der Waals surface area contributed by atoms with Gasteiger partial charge in [-0.05, 0) is 0 Å². The van der Waals surface area contributed by atoms with Crippen LogP contribution in [0.1, 0.15) is 0 Å². The molecule has 0 amide bonds. The molecule has 0 aliphatic rings. The van der Waals surface area contributed by atoms with E-state index < -0.39 is 23.9 Å². The molecule has 15 heavy (non-hydrogen) atoms. The molecular formula is C4H6BaO9Ti+2. The minimum absolute atomic E-state index is 0. The normalized spacial score (nSPS) is 5.87. The summed E-state index contributed by atoms with van der Waals surface area (Å²) in [6.07, 6.45) is 0. The van der Waals surface area contributed by atoms with Crippen LogP contribution in [0, 0.1) is 0 Å². The number of carbonyl (C=O) groups is 4. The fourth-order valence-corrected chi connectivity index (χ4v) is 0. The van der Waals surface area contributed by atoms with Crippen LogP contribution in [0.2, 0.25) is 0 Å². The predicted octanol–water partition coefficient (Wildman–Crippen LogP) is -2.90. The summed E-state index contributed by atoms with van der Waals surface area (Å²) >= 11 is 0. The van der Waals surface area contributed by atoms with Crippen LogP contribution in [-0.4, -0.2) is 98.7 Å². The van der Waals surface area contributed by atoms with E-state index in [1.165, 1.54) is 0 Å². The zero-order valence-electron chi connectivity index (χ0n) is 7.13. The van der Waals surface area contributed by atoms with Crippen LogP contribution in [0.3, 0.4) is 0 Å². The quantitative estimate of drug-likeness (QED) is 0.254. The molecule has 0 aliphatic heterocycles. The summed E-state index contributed by atoms with van der Waals surface area (Å²) in [7, 11) is 0. The molecule has 0 aromatic carbocycles. The Hall–Kier alpha value is 0.126. The van der Waals surface area contributed by atoms with Gasteiger partial charge in [-0.1, -0.05) is 0 Å². The summed E-state index contributed by atoms with van der Waals surface area (Å²) in [5, 5.41) is 29.6. The molecule has 0 saturated carbocycles. The van der Waals surface area contributed by atoms with Crippen molar-refractivity contribution in [3.63, 3.8) is 0 Å². The Morgan fingerprint density at radius 3 is 0.667 bits per heavy atom. The summed E-state index contributed by atoms with van der Waals surface area (Å²) in [6, 6.07) is 0. The predicted molar refractivity (Wildman–Crippen MR) is 39.9 cm³/mol. The van der Waals surface area contributed by atoms with Crippen LogP contribution in [0.25, 0.3) is 0 Å². The maximum atomic E-state index is 9.10. The van der Waals surface area contributed by atoms with E-state index in [2.05, 4.69) is 0 Å². The first-order valence-corrected chi connectivity index (χ1v) is 2.21. The Morgan fingerprint density at radius 1 is 0.600 bits per heavy atom. The van der Waals surface area contributed by atoms with Crippen LogP contribution in [-0.2, 0) is 40.9 Å². The zero-order valence-corrected chi connectivity index (χ0v) is 13.1. The Bertz CT molecular complexity index is 178. The summed E-state index contributed by atoms with van der Waals surface area (Å²) in [5.74, 6) is -7.30. The summed E-state index contributed by atoms with van der Waals surface area (Å²) < 4.78 is 0. The van der Waals surface area contributed by atoms with Gasteiger partial charge < -0.3 is 25.9 Å². The van der Waals surface area contributed by atoms with Crippen molar-refractivity contribution in [1.29, 1.82) is 0 Å². The molecule has 0 bridgehead atoms. The first kappa shape index (κ1) is 29.4. The van der Waals surface area contributed by atoms with Gasteiger partial charge in [-0.2, -0.15) is 0 Å². The van der Waals surface area contributed by atoms with Crippen LogP contribution in [0.15, 0.2) is 0 Å². The van der Waals surface area contributed by atoms with E-state index in [9.17, 15) is 0 Å². The number of carboxylic acids is 4. The smallest absolute Gasteiger partial charge is 0.473 e. The minimum atomic E-state index is -1.82. The largest absolute Gasteiger partial charge is 2.00 e. The zero-order chi connectivity index (χ0) is 10.3. The fraction of sp³-hybridized carbons (Fsp3) is 0. The SMILES string of the molecule is O.O=C(O)C(=O)O.O=C(O)C(=O)O.[Ba+2].[Ti]. The van der Waals surface area contributed by atoms with Gasteiger partial charge in [0, 0.05) is 21.7 Å². The van der Waals surface area contributed by atoms with E-state index >= 15 is 0 Å². The Morgan fingerprint density at radius 2 is 0.667 bits per heavy atom. The fourth-order valence-electron chi connectivity index (χ4n) is 0. The average molecular weight is 383 g/mol. The molecule has 80 valence electrons. The van der Waals surface area contributed by atoms with Crippen molar-refractivity contribution in [2.45, 2.75) is 0 Å². The van der Waals surface area contributed by atoms with E-state index in [-0.39, 0.29) is 76.1 Å². The maximum Gasteiger partial charge on any atom is 2.00 e. The molecule has 0 spiro atoms. The number of rotatable bonds is 0. The van der Waals surface area contributed by atoms with Gasteiger partial charge in [0.1, 0.15) is 0 Å². The maximum absolute atomic E-state index is 9.10. The standard InChI is InChI=1S/2C2H2O4.Ba.H2O.Ti/c2*3-1(4)2(5)6;;;/h2*(H,3,4)(H,5,6);;1H2;/q;;+2;;. The van der Waals surface area contributed by atoms with Crippen LogP contribution in [0.4, 0.5) is 0 Å². The Balaban J connectivity index is -0.0000000370. The van der Waals surface area contributed by atoms with Crippen molar-refractivity contribution in [3.8, 4) is 0 Å². The van der Waals surface area contributed by atoms with Gasteiger partial charge in [0.15, 0.2) is 0 Å². The Labute approximate surface area is 138 Å². The molecule has 0 rings (SSSR count). The summed E-state index contributed by atoms with van der Waals surface area (Å²) in [5.41, 5.74) is 0. The van der Waals surface area contributed by atoms with E-state index in [4.69, 9.17) is 39.6 Å². The first-order valence-electron chi connectivity index (χ1n) is 2.21. The van der Waals surface area contributed by atoms with Gasteiger partial charge in [0.05, 0.1) is 0 Å². The van der Waals surface area contributed by atoms with Gasteiger partial charge in [-0.25, -0.2) is 19.2 Å². The molecule has 6 N–H and O–H groups in total. The second-order valence-electron chi connectivity index (χ2n) is 1.22. The minimum Gasteiger partial charge on any atom is -0.473 e. The van der Waals surface area contributed by atoms with Crippen LogP contribution in [0.5, 0.6) is 0 Å². The molecule has 0 radical (unpaired) electrons. The van der Waals surface area contributed by atoms with Gasteiger partial charge >= 0.3 is 72.8 Å². The molecular weight excluding hydrogens is 377 g/mol. The molecule has 0 aliphatic carbocycles. The number of hydrogen-bond donors (Lipinski definition) is 4. The van der Waals surface area contributed by atoms with Crippen molar-refractivity contribution in [2.24, 2.45) is 0 Å². The Kier molecular flexibility index (Phi) is 32.5. The van der Waals surface area contributed by atoms with Gasteiger partial charge in [0.25, 0.3) is 0 Å². The third-order valence-electron chi connectivity index (χ3n) is 0.366.